The summed E-state index contributed by atoms with van der Waals surface area (Å²) in [7, 11) is -3.82. The molecular weight excluding hydrogens is 359 g/mol. The summed E-state index contributed by atoms with van der Waals surface area (Å²) in [5.41, 5.74) is 5.95. The van der Waals surface area contributed by atoms with Crippen LogP contribution in [0.25, 0.3) is 0 Å². The normalized spacial score (nSPS) is 26.8. The molecule has 0 bridgehead atoms. The van der Waals surface area contributed by atoms with Crippen LogP contribution in [-0.4, -0.2) is 25.3 Å². The molecule has 0 radical (unpaired) electrons. The molecule has 1 aromatic carbocycles. The fourth-order valence-corrected chi connectivity index (χ4v) is 5.66. The molecule has 2 aliphatic rings. The Hall–Kier alpha value is -0.660. The summed E-state index contributed by atoms with van der Waals surface area (Å²) in [6, 6.07) is 2.36. The molecule has 1 saturated carbocycles. The molecule has 7 heteroatoms. The fourth-order valence-electron chi connectivity index (χ4n) is 3.53. The number of anilines is 1. The molecule has 1 heterocycles. The van der Waals surface area contributed by atoms with Gasteiger partial charge in [-0.25, -0.2) is 12.8 Å². The van der Waals surface area contributed by atoms with Gasteiger partial charge in [0.1, 0.15) is 10.7 Å². The average Bonchev–Trinajstić information content (AvgIpc) is 2.87. The Kier molecular flexibility index (Phi) is 4.00. The Morgan fingerprint density at radius 3 is 2.71 bits per heavy atom. The second kappa shape index (κ2) is 5.52. The van der Waals surface area contributed by atoms with Crippen LogP contribution >= 0.6 is 15.9 Å². The second-order valence-electron chi connectivity index (χ2n) is 5.82. The quantitative estimate of drug-likeness (QED) is 0.806. The maximum Gasteiger partial charge on any atom is 0.246 e. The number of benzene rings is 1. The third-order valence-electron chi connectivity index (χ3n) is 4.60. The number of hydrogen-bond acceptors (Lipinski definition) is 3. The van der Waals surface area contributed by atoms with E-state index < -0.39 is 15.8 Å². The van der Waals surface area contributed by atoms with Crippen molar-refractivity contribution < 1.29 is 12.8 Å². The lowest BCUT2D eigenvalue weighted by atomic mass is 9.86. The van der Waals surface area contributed by atoms with E-state index in [1.54, 1.807) is 0 Å². The molecular formula is C14H18BrFN2O2S. The second-order valence-corrected chi connectivity index (χ2v) is 8.53. The highest BCUT2D eigenvalue weighted by Crippen LogP contribution is 2.40. The standard InChI is InChI=1S/C14H18BrFN2O2S/c15-10-7-11(16)14(8-12(10)17)21(19,20)18-6-5-9-3-1-2-4-13(9)18/h7-9,13H,1-6,17H2. The lowest BCUT2D eigenvalue weighted by Gasteiger charge is -2.31. The number of fused-ring (bicyclic) bond motifs is 1. The van der Waals surface area contributed by atoms with Crippen LogP contribution < -0.4 is 5.73 Å². The van der Waals surface area contributed by atoms with E-state index in [9.17, 15) is 12.8 Å². The van der Waals surface area contributed by atoms with Gasteiger partial charge in [0.15, 0.2) is 0 Å². The SMILES string of the molecule is Nc1cc(S(=O)(=O)N2CCC3CCCCC32)c(F)cc1Br. The van der Waals surface area contributed by atoms with E-state index in [0.717, 1.165) is 38.2 Å². The number of halogens is 2. The van der Waals surface area contributed by atoms with Gasteiger partial charge in [0, 0.05) is 22.7 Å². The molecule has 0 aromatic heterocycles. The summed E-state index contributed by atoms with van der Waals surface area (Å²) in [6.07, 6.45) is 5.02. The fraction of sp³-hybridized carbons (Fsp3) is 0.571. The Morgan fingerprint density at radius 2 is 1.95 bits per heavy atom. The highest BCUT2D eigenvalue weighted by atomic mass is 79.9. The van der Waals surface area contributed by atoms with Gasteiger partial charge in [0.2, 0.25) is 10.0 Å². The number of hydrogen-bond donors (Lipinski definition) is 1. The highest BCUT2D eigenvalue weighted by molar-refractivity contribution is 9.10. The summed E-state index contributed by atoms with van der Waals surface area (Å²) in [5.74, 6) is -0.334. The predicted molar refractivity (Wildman–Crippen MR) is 82.8 cm³/mol. The minimum Gasteiger partial charge on any atom is -0.398 e. The number of nitrogen functional groups attached to an aromatic ring is 1. The Balaban J connectivity index is 1.99. The topological polar surface area (TPSA) is 63.4 Å². The van der Waals surface area contributed by atoms with Gasteiger partial charge in [0.25, 0.3) is 0 Å². The average molecular weight is 377 g/mol. The number of nitrogens with zero attached hydrogens (tertiary/aromatic N) is 1. The van der Waals surface area contributed by atoms with Gasteiger partial charge in [0.05, 0.1) is 0 Å². The van der Waals surface area contributed by atoms with Gasteiger partial charge in [-0.15, -0.1) is 0 Å². The molecule has 1 aliphatic carbocycles. The van der Waals surface area contributed by atoms with E-state index in [-0.39, 0.29) is 16.6 Å². The van der Waals surface area contributed by atoms with Gasteiger partial charge in [-0.05, 0) is 53.2 Å². The molecule has 1 aliphatic heterocycles. The first-order chi connectivity index (χ1) is 9.91. The first-order valence-corrected chi connectivity index (χ1v) is 9.41. The minimum absolute atomic E-state index is 0.0213. The van der Waals surface area contributed by atoms with Crippen LogP contribution in [0.5, 0.6) is 0 Å². The van der Waals surface area contributed by atoms with Crippen LogP contribution in [0.2, 0.25) is 0 Å². The summed E-state index contributed by atoms with van der Waals surface area (Å²) in [4.78, 5) is -0.311. The maximum absolute atomic E-state index is 14.1. The van der Waals surface area contributed by atoms with E-state index in [2.05, 4.69) is 15.9 Å². The molecule has 4 nitrogen and oxygen atoms in total. The van der Waals surface area contributed by atoms with Gasteiger partial charge >= 0.3 is 0 Å². The zero-order valence-corrected chi connectivity index (χ0v) is 14.0. The maximum atomic E-state index is 14.1. The Labute approximate surface area is 132 Å². The van der Waals surface area contributed by atoms with Gasteiger partial charge in [-0.1, -0.05) is 12.8 Å². The molecule has 2 fully saturated rings. The molecule has 21 heavy (non-hydrogen) atoms. The van der Waals surface area contributed by atoms with Crippen molar-refractivity contribution in [3.63, 3.8) is 0 Å². The molecule has 116 valence electrons. The first kappa shape index (κ1) is 15.2. The van der Waals surface area contributed by atoms with Crippen molar-refractivity contribution in [1.29, 1.82) is 0 Å². The van der Waals surface area contributed by atoms with Crippen LogP contribution in [-0.2, 0) is 10.0 Å². The smallest absolute Gasteiger partial charge is 0.246 e. The van der Waals surface area contributed by atoms with Crippen molar-refractivity contribution in [2.75, 3.05) is 12.3 Å². The molecule has 3 rings (SSSR count). The third-order valence-corrected chi connectivity index (χ3v) is 7.22. The van der Waals surface area contributed by atoms with E-state index >= 15 is 0 Å². The number of rotatable bonds is 2. The van der Waals surface area contributed by atoms with Crippen molar-refractivity contribution in [3.05, 3.63) is 22.4 Å². The molecule has 2 atom stereocenters. The zero-order chi connectivity index (χ0) is 15.2. The molecule has 0 spiro atoms. The molecule has 2 unspecified atom stereocenters. The van der Waals surface area contributed by atoms with Crippen molar-refractivity contribution in [2.24, 2.45) is 5.92 Å². The van der Waals surface area contributed by atoms with Crippen molar-refractivity contribution in [2.45, 2.75) is 43.0 Å². The van der Waals surface area contributed by atoms with Crippen LogP contribution in [0.3, 0.4) is 0 Å². The third kappa shape index (κ3) is 2.59. The number of nitrogens with two attached hydrogens (primary N) is 1. The van der Waals surface area contributed by atoms with Crippen LogP contribution in [0.1, 0.15) is 32.1 Å². The Bertz CT molecular complexity index is 665. The van der Waals surface area contributed by atoms with E-state index in [4.69, 9.17) is 5.73 Å². The lowest BCUT2D eigenvalue weighted by molar-refractivity contribution is 0.260. The van der Waals surface area contributed by atoms with Crippen molar-refractivity contribution in [3.8, 4) is 0 Å². The minimum atomic E-state index is -3.82. The summed E-state index contributed by atoms with van der Waals surface area (Å²) >= 11 is 3.11. The predicted octanol–water partition coefficient (Wildman–Crippen LogP) is 3.12. The molecule has 1 saturated heterocycles. The van der Waals surface area contributed by atoms with E-state index in [1.807, 2.05) is 0 Å². The van der Waals surface area contributed by atoms with E-state index in [1.165, 1.54) is 10.4 Å². The monoisotopic (exact) mass is 376 g/mol. The largest absolute Gasteiger partial charge is 0.398 e. The Morgan fingerprint density at radius 1 is 1.24 bits per heavy atom. The van der Waals surface area contributed by atoms with Gasteiger partial charge < -0.3 is 5.73 Å². The molecule has 0 amide bonds. The summed E-state index contributed by atoms with van der Waals surface area (Å²) in [5, 5.41) is 0. The van der Waals surface area contributed by atoms with E-state index in [0.29, 0.717) is 16.9 Å². The zero-order valence-electron chi connectivity index (χ0n) is 11.6. The number of sulfonamides is 1. The molecule has 1 aromatic rings. The van der Waals surface area contributed by atoms with Crippen LogP contribution in [0.15, 0.2) is 21.5 Å². The van der Waals surface area contributed by atoms with Crippen molar-refractivity contribution >= 4 is 31.6 Å². The summed E-state index contributed by atoms with van der Waals surface area (Å²) in [6.45, 7) is 0.479. The van der Waals surface area contributed by atoms with Gasteiger partial charge in [-0.2, -0.15) is 4.31 Å². The highest BCUT2D eigenvalue weighted by Gasteiger charge is 2.43. The van der Waals surface area contributed by atoms with Crippen LogP contribution in [0.4, 0.5) is 10.1 Å². The first-order valence-electron chi connectivity index (χ1n) is 7.17. The van der Waals surface area contributed by atoms with Crippen LogP contribution in [0, 0.1) is 11.7 Å². The lowest BCUT2D eigenvalue weighted by Crippen LogP contribution is -2.39. The summed E-state index contributed by atoms with van der Waals surface area (Å²) < 4.78 is 41.5. The molecule has 2 N–H and O–H groups in total. The van der Waals surface area contributed by atoms with Gasteiger partial charge in [-0.3, -0.25) is 0 Å². The van der Waals surface area contributed by atoms with Crippen molar-refractivity contribution in [1.82, 2.24) is 4.31 Å².